The van der Waals surface area contributed by atoms with Gasteiger partial charge in [0.25, 0.3) is 0 Å². The lowest BCUT2D eigenvalue weighted by atomic mass is 9.93. The maximum Gasteiger partial charge on any atom is 0.223 e. The predicted octanol–water partition coefficient (Wildman–Crippen LogP) is 2.87. The zero-order chi connectivity index (χ0) is 12.3. The summed E-state index contributed by atoms with van der Waals surface area (Å²) in [5.41, 5.74) is 1.07. The van der Waals surface area contributed by atoms with Gasteiger partial charge in [-0.05, 0) is 39.2 Å². The zero-order valence-electron chi connectivity index (χ0n) is 10.5. The third-order valence-corrected chi connectivity index (χ3v) is 3.24. The van der Waals surface area contributed by atoms with Crippen molar-refractivity contribution >= 4 is 5.91 Å². The van der Waals surface area contributed by atoms with Crippen LogP contribution in [-0.4, -0.2) is 5.91 Å². The van der Waals surface area contributed by atoms with Crippen molar-refractivity contribution in [2.45, 2.75) is 39.7 Å². The monoisotopic (exact) mass is 233 g/mol. The van der Waals surface area contributed by atoms with Gasteiger partial charge in [0.05, 0.1) is 0 Å². The number of aryl methyl sites for hydroxylation is 2. The topological polar surface area (TPSA) is 42.2 Å². The summed E-state index contributed by atoms with van der Waals surface area (Å²) in [6, 6.07) is 1.98. The molecule has 2 rings (SSSR count). The molecule has 0 saturated heterocycles. The molecule has 0 saturated carbocycles. The second-order valence-electron chi connectivity index (χ2n) is 4.64. The molecule has 1 aromatic rings. The summed E-state index contributed by atoms with van der Waals surface area (Å²) in [4.78, 5) is 11.9. The highest BCUT2D eigenvalue weighted by Gasteiger charge is 2.18. The van der Waals surface area contributed by atoms with E-state index in [-0.39, 0.29) is 11.8 Å². The van der Waals surface area contributed by atoms with Crippen LogP contribution in [0.4, 0.5) is 0 Å². The molecule has 0 unspecified atom stereocenters. The van der Waals surface area contributed by atoms with Crippen molar-refractivity contribution in [1.29, 1.82) is 0 Å². The summed E-state index contributed by atoms with van der Waals surface area (Å²) in [7, 11) is 0. The van der Waals surface area contributed by atoms with E-state index in [0.29, 0.717) is 6.54 Å². The van der Waals surface area contributed by atoms with Gasteiger partial charge in [-0.3, -0.25) is 4.79 Å². The van der Waals surface area contributed by atoms with Crippen LogP contribution in [0.1, 0.15) is 36.3 Å². The van der Waals surface area contributed by atoms with Crippen LogP contribution >= 0.6 is 0 Å². The molecule has 1 aliphatic rings. The smallest absolute Gasteiger partial charge is 0.223 e. The molecule has 3 heteroatoms. The fourth-order valence-electron chi connectivity index (χ4n) is 2.22. The molecule has 1 aliphatic carbocycles. The number of amides is 1. The second-order valence-corrected chi connectivity index (χ2v) is 4.64. The van der Waals surface area contributed by atoms with E-state index in [1.54, 1.807) is 0 Å². The molecule has 1 heterocycles. The van der Waals surface area contributed by atoms with Crippen LogP contribution in [0.2, 0.25) is 0 Å². The Kier molecular flexibility index (Phi) is 3.67. The van der Waals surface area contributed by atoms with Gasteiger partial charge in [0.1, 0.15) is 11.5 Å². The highest BCUT2D eigenvalue weighted by atomic mass is 16.3. The zero-order valence-corrected chi connectivity index (χ0v) is 10.5. The summed E-state index contributed by atoms with van der Waals surface area (Å²) < 4.78 is 5.43. The molecule has 3 nitrogen and oxygen atoms in total. The van der Waals surface area contributed by atoms with Crippen molar-refractivity contribution in [2.24, 2.45) is 5.92 Å². The fraction of sp³-hybridized carbons (Fsp3) is 0.500. The third kappa shape index (κ3) is 2.99. The molecule has 0 aliphatic heterocycles. The van der Waals surface area contributed by atoms with Crippen LogP contribution in [0.3, 0.4) is 0 Å². The first kappa shape index (κ1) is 12.0. The van der Waals surface area contributed by atoms with Crippen LogP contribution in [0.25, 0.3) is 0 Å². The summed E-state index contributed by atoms with van der Waals surface area (Å²) in [6.45, 7) is 4.42. The van der Waals surface area contributed by atoms with Crippen molar-refractivity contribution in [3.63, 3.8) is 0 Å². The largest absolute Gasteiger partial charge is 0.466 e. The molecule has 0 aromatic carbocycles. The average Bonchev–Trinajstić information content (AvgIpc) is 2.66. The van der Waals surface area contributed by atoms with E-state index < -0.39 is 0 Å². The van der Waals surface area contributed by atoms with E-state index in [2.05, 4.69) is 17.5 Å². The summed E-state index contributed by atoms with van der Waals surface area (Å²) in [6.07, 6.45) is 7.09. The van der Waals surface area contributed by atoms with Crippen molar-refractivity contribution < 1.29 is 9.21 Å². The Balaban J connectivity index is 1.87. The van der Waals surface area contributed by atoms with Gasteiger partial charge in [-0.15, -0.1) is 0 Å². The Morgan fingerprint density at radius 1 is 1.47 bits per heavy atom. The molecule has 0 radical (unpaired) electrons. The number of carbonyl (C=O) groups excluding carboxylic acids is 1. The number of furan rings is 1. The second kappa shape index (κ2) is 5.21. The van der Waals surface area contributed by atoms with Gasteiger partial charge in [0, 0.05) is 18.0 Å². The van der Waals surface area contributed by atoms with Gasteiger partial charge in [-0.1, -0.05) is 12.2 Å². The first-order valence-electron chi connectivity index (χ1n) is 6.15. The Hall–Kier alpha value is -1.51. The standard InChI is InChI=1S/C14H19NO2/c1-10-8-13(11(2)17-10)9-15-14(16)12-6-4-3-5-7-12/h3-4,8,12H,5-7,9H2,1-2H3,(H,15,16)/t12-/m1/s1. The number of nitrogens with one attached hydrogen (secondary N) is 1. The molecular weight excluding hydrogens is 214 g/mol. The molecule has 1 N–H and O–H groups in total. The predicted molar refractivity (Wildman–Crippen MR) is 66.5 cm³/mol. The van der Waals surface area contributed by atoms with Crippen LogP contribution in [0.15, 0.2) is 22.6 Å². The molecule has 0 fully saturated rings. The van der Waals surface area contributed by atoms with Crippen molar-refractivity contribution in [3.05, 3.63) is 35.3 Å². The number of carbonyl (C=O) groups is 1. The summed E-state index contributed by atoms with van der Waals surface area (Å²) in [5, 5.41) is 2.99. The van der Waals surface area contributed by atoms with Crippen LogP contribution < -0.4 is 5.32 Å². The van der Waals surface area contributed by atoms with Crippen molar-refractivity contribution in [2.75, 3.05) is 0 Å². The van der Waals surface area contributed by atoms with Gasteiger partial charge in [-0.25, -0.2) is 0 Å². The third-order valence-electron chi connectivity index (χ3n) is 3.24. The Bertz CT molecular complexity index is 431. The van der Waals surface area contributed by atoms with Gasteiger partial charge in [0.15, 0.2) is 0 Å². The molecule has 1 aromatic heterocycles. The fourth-order valence-corrected chi connectivity index (χ4v) is 2.22. The van der Waals surface area contributed by atoms with Crippen LogP contribution in [0, 0.1) is 19.8 Å². The van der Waals surface area contributed by atoms with E-state index in [1.165, 1.54) is 0 Å². The van der Waals surface area contributed by atoms with Crippen molar-refractivity contribution in [3.8, 4) is 0 Å². The van der Waals surface area contributed by atoms with E-state index in [0.717, 1.165) is 36.3 Å². The Morgan fingerprint density at radius 2 is 2.29 bits per heavy atom. The highest BCUT2D eigenvalue weighted by Crippen LogP contribution is 2.19. The van der Waals surface area contributed by atoms with E-state index in [1.807, 2.05) is 19.9 Å². The van der Waals surface area contributed by atoms with Gasteiger partial charge in [0.2, 0.25) is 5.91 Å². The molecular formula is C14H19NO2. The molecule has 17 heavy (non-hydrogen) atoms. The van der Waals surface area contributed by atoms with Crippen LogP contribution in [0.5, 0.6) is 0 Å². The molecule has 1 amide bonds. The number of allylic oxidation sites excluding steroid dienone is 2. The van der Waals surface area contributed by atoms with E-state index in [4.69, 9.17) is 4.42 Å². The highest BCUT2D eigenvalue weighted by molar-refractivity contribution is 5.78. The Labute approximate surface area is 102 Å². The lowest BCUT2D eigenvalue weighted by molar-refractivity contribution is -0.125. The van der Waals surface area contributed by atoms with Gasteiger partial charge < -0.3 is 9.73 Å². The van der Waals surface area contributed by atoms with E-state index in [9.17, 15) is 4.79 Å². The van der Waals surface area contributed by atoms with Gasteiger partial charge >= 0.3 is 0 Å². The number of hydrogen-bond acceptors (Lipinski definition) is 2. The lowest BCUT2D eigenvalue weighted by Crippen LogP contribution is -2.30. The molecule has 1 atom stereocenters. The molecule has 0 bridgehead atoms. The average molecular weight is 233 g/mol. The summed E-state index contributed by atoms with van der Waals surface area (Å²) >= 11 is 0. The Morgan fingerprint density at radius 3 is 2.88 bits per heavy atom. The maximum absolute atomic E-state index is 11.9. The van der Waals surface area contributed by atoms with Crippen LogP contribution in [-0.2, 0) is 11.3 Å². The normalized spacial score (nSPS) is 19.3. The number of hydrogen-bond donors (Lipinski definition) is 1. The molecule has 92 valence electrons. The van der Waals surface area contributed by atoms with E-state index >= 15 is 0 Å². The summed E-state index contributed by atoms with van der Waals surface area (Å²) in [5.74, 6) is 2.10. The SMILES string of the molecule is Cc1cc(CNC(=O)[C@@H]2CC=CCC2)c(C)o1. The first-order chi connectivity index (χ1) is 8.16. The maximum atomic E-state index is 11.9. The van der Waals surface area contributed by atoms with Crippen molar-refractivity contribution in [1.82, 2.24) is 5.32 Å². The minimum atomic E-state index is 0.147. The number of rotatable bonds is 3. The quantitative estimate of drug-likeness (QED) is 0.816. The lowest BCUT2D eigenvalue weighted by Gasteiger charge is -2.16. The van der Waals surface area contributed by atoms with Gasteiger partial charge in [-0.2, -0.15) is 0 Å². The minimum absolute atomic E-state index is 0.147. The first-order valence-corrected chi connectivity index (χ1v) is 6.15. The minimum Gasteiger partial charge on any atom is -0.466 e. The molecule has 0 spiro atoms.